The van der Waals surface area contributed by atoms with E-state index in [2.05, 4.69) is 108 Å². The largest absolute Gasteiger partial charge is 0.428 e. The summed E-state index contributed by atoms with van der Waals surface area (Å²) in [4.78, 5) is 41.9. The first-order valence-corrected chi connectivity index (χ1v) is 25.4. The maximum Gasteiger partial charge on any atom is 0.343 e. The van der Waals surface area contributed by atoms with Gasteiger partial charge in [-0.15, -0.1) is 0 Å². The fourth-order valence-electron chi connectivity index (χ4n) is 10.2. The van der Waals surface area contributed by atoms with Crippen molar-refractivity contribution in [3.63, 3.8) is 0 Å². The monoisotopic (exact) mass is 798 g/mol. The Bertz CT molecular complexity index is 1790. The number of rotatable bonds is 18. The summed E-state index contributed by atoms with van der Waals surface area (Å²) >= 11 is 0. The average Bonchev–Trinajstić information content (AvgIpc) is 3.56. The second-order valence-electron chi connectivity index (χ2n) is 17.3. The molecule has 6 rings (SSSR count). The minimum Gasteiger partial charge on any atom is -0.428 e. The van der Waals surface area contributed by atoms with E-state index in [9.17, 15) is 19.5 Å². The smallest absolute Gasteiger partial charge is 0.343 e. The van der Waals surface area contributed by atoms with Crippen molar-refractivity contribution in [1.29, 1.82) is 0 Å². The first-order valence-electron chi connectivity index (χ1n) is 21.0. The molecule has 1 N–H and O–H groups in total. The van der Waals surface area contributed by atoms with Gasteiger partial charge in [0.05, 0.1) is 23.7 Å². The first-order chi connectivity index (χ1) is 26.8. The summed E-state index contributed by atoms with van der Waals surface area (Å²) in [5, 5.41) is 15.0. The summed E-state index contributed by atoms with van der Waals surface area (Å²) in [6, 6.07) is 23.5. The molecule has 0 aromatic heterocycles. The van der Waals surface area contributed by atoms with E-state index in [1.807, 2.05) is 19.1 Å². The molecule has 0 spiro atoms. The number of carbonyl (C=O) groups excluding carboxylic acids is 3. The molecule has 1 saturated heterocycles. The molecule has 0 amide bonds. The van der Waals surface area contributed by atoms with Crippen LogP contribution in [0.1, 0.15) is 93.4 Å². The van der Waals surface area contributed by atoms with Gasteiger partial charge in [0.2, 0.25) is 5.79 Å². The van der Waals surface area contributed by atoms with Crippen LogP contribution in [0.25, 0.3) is 0 Å². The molecule has 302 valence electrons. The van der Waals surface area contributed by atoms with Crippen LogP contribution in [0.4, 0.5) is 0 Å². The van der Waals surface area contributed by atoms with Crippen molar-refractivity contribution < 1.29 is 37.8 Å². The molecule has 2 aromatic rings. The quantitative estimate of drug-likeness (QED) is 0.0528. The Labute approximate surface area is 336 Å². The highest BCUT2D eigenvalue weighted by molar-refractivity contribution is 6.99. The van der Waals surface area contributed by atoms with Gasteiger partial charge in [0.15, 0.2) is 8.32 Å². The molecule has 2 heterocycles. The van der Waals surface area contributed by atoms with Crippen LogP contribution in [0.3, 0.4) is 0 Å². The van der Waals surface area contributed by atoms with E-state index in [0.717, 1.165) is 60.6 Å². The molecule has 8 nitrogen and oxygen atoms in total. The van der Waals surface area contributed by atoms with Gasteiger partial charge in [-0.1, -0.05) is 133 Å². The number of fused-ring (bicyclic) bond motifs is 1. The van der Waals surface area contributed by atoms with Gasteiger partial charge in [-0.2, -0.15) is 0 Å². The summed E-state index contributed by atoms with van der Waals surface area (Å²) < 4.78 is 25.7. The van der Waals surface area contributed by atoms with E-state index >= 15 is 0 Å². The van der Waals surface area contributed by atoms with Gasteiger partial charge in [0.25, 0.3) is 8.32 Å². The molecule has 4 aliphatic rings. The van der Waals surface area contributed by atoms with Crippen molar-refractivity contribution in [1.82, 2.24) is 0 Å². The summed E-state index contributed by atoms with van der Waals surface area (Å²) in [6.07, 6.45) is 11.5. The number of allylic oxidation sites excluding steroid dienone is 3. The van der Waals surface area contributed by atoms with Crippen LogP contribution in [0.2, 0.25) is 23.2 Å². The lowest BCUT2D eigenvalue weighted by atomic mass is 9.62. The van der Waals surface area contributed by atoms with Crippen LogP contribution < -0.4 is 10.4 Å². The third kappa shape index (κ3) is 7.29. The fourth-order valence-corrected chi connectivity index (χ4v) is 17.5. The predicted molar refractivity (Wildman–Crippen MR) is 224 cm³/mol. The summed E-state index contributed by atoms with van der Waals surface area (Å²) in [5.41, 5.74) is -0.671. The van der Waals surface area contributed by atoms with Crippen LogP contribution in [-0.4, -0.2) is 58.7 Å². The molecule has 0 saturated carbocycles. The van der Waals surface area contributed by atoms with Crippen molar-refractivity contribution in [2.45, 2.75) is 122 Å². The number of aliphatic hydroxyl groups is 1. The minimum atomic E-state index is -2.93. The van der Waals surface area contributed by atoms with E-state index < -0.39 is 51.7 Å². The number of carbonyl (C=O) groups is 3. The van der Waals surface area contributed by atoms with Crippen LogP contribution in [0.5, 0.6) is 0 Å². The van der Waals surface area contributed by atoms with Crippen LogP contribution in [0.15, 0.2) is 95.6 Å². The standard InChI is InChI=1S/C46H62O8Si2/c1-8-12-13-14-15-18-23-33-30-38-45(32-52-55(9-2,10-3)11-4)31-37-39(42(48)53-41(37)47)40(46(38,50)54-43(45)49)36(33)28-29-51-56(44(5,6)7,34-24-19-16-20-25-34)35-26-21-17-22-27-35/h8,12,16-17,19-22,24-27,30,33,36,40,50H,9-11,13-15,18,23,28-29,31-32H2,1-7H3/b12-8+/t33-,36+,40+,45+,46+/m1/s1. The molecule has 4 bridgehead atoms. The number of ether oxygens (including phenoxy) is 2. The highest BCUT2D eigenvalue weighted by Crippen LogP contribution is 2.63. The van der Waals surface area contributed by atoms with Gasteiger partial charge in [-0.25, -0.2) is 9.59 Å². The van der Waals surface area contributed by atoms with Crippen molar-refractivity contribution in [3.05, 3.63) is 95.6 Å². The third-order valence-corrected chi connectivity index (χ3v) is 23.1. The molecular weight excluding hydrogens is 737 g/mol. The number of cyclic esters (lactones) is 2. The molecule has 2 aliphatic carbocycles. The number of benzene rings is 2. The Balaban J connectivity index is 1.45. The van der Waals surface area contributed by atoms with E-state index in [4.69, 9.17) is 18.3 Å². The van der Waals surface area contributed by atoms with Gasteiger partial charge in [0, 0.05) is 18.6 Å². The highest BCUT2D eigenvalue weighted by Gasteiger charge is 2.72. The summed E-state index contributed by atoms with van der Waals surface area (Å²) in [6.45, 7) is 15.5. The van der Waals surface area contributed by atoms with Crippen LogP contribution in [0, 0.1) is 23.2 Å². The zero-order valence-electron chi connectivity index (χ0n) is 34.5. The van der Waals surface area contributed by atoms with Crippen LogP contribution in [-0.2, 0) is 32.7 Å². The molecule has 2 aromatic carbocycles. The zero-order chi connectivity index (χ0) is 40.4. The Morgan fingerprint density at radius 3 is 2.05 bits per heavy atom. The maximum absolute atomic E-state index is 14.4. The lowest BCUT2D eigenvalue weighted by Crippen LogP contribution is -2.66. The Morgan fingerprint density at radius 1 is 0.857 bits per heavy atom. The Hall–Kier alpha value is -3.42. The van der Waals surface area contributed by atoms with Gasteiger partial charge >= 0.3 is 17.9 Å². The van der Waals surface area contributed by atoms with Gasteiger partial charge in [-0.05, 0) is 78.0 Å². The van der Waals surface area contributed by atoms with E-state index in [1.54, 1.807) is 0 Å². The number of unbranched alkanes of at least 4 members (excludes halogenated alkanes) is 3. The van der Waals surface area contributed by atoms with E-state index in [-0.39, 0.29) is 41.0 Å². The minimum absolute atomic E-state index is 0.00953. The summed E-state index contributed by atoms with van der Waals surface area (Å²) in [5.74, 6) is -5.74. The van der Waals surface area contributed by atoms with Crippen molar-refractivity contribution in [2.24, 2.45) is 23.2 Å². The molecule has 0 radical (unpaired) electrons. The molecule has 1 fully saturated rings. The second kappa shape index (κ2) is 16.8. The topological polar surface area (TPSA) is 108 Å². The second-order valence-corrected chi connectivity index (χ2v) is 26.4. The number of hydrogen-bond acceptors (Lipinski definition) is 8. The third-order valence-electron chi connectivity index (χ3n) is 13.5. The molecular formula is C46H62O8Si2. The van der Waals surface area contributed by atoms with E-state index in [0.29, 0.717) is 18.6 Å². The lowest BCUT2D eigenvalue weighted by Gasteiger charge is -2.46. The van der Waals surface area contributed by atoms with Crippen LogP contribution >= 0.6 is 0 Å². The number of esters is 3. The van der Waals surface area contributed by atoms with Crippen molar-refractivity contribution in [2.75, 3.05) is 13.2 Å². The maximum atomic E-state index is 14.4. The van der Waals surface area contributed by atoms with Gasteiger partial charge in [-0.3, -0.25) is 4.79 Å². The van der Waals surface area contributed by atoms with Crippen molar-refractivity contribution in [3.8, 4) is 0 Å². The molecule has 56 heavy (non-hydrogen) atoms. The van der Waals surface area contributed by atoms with E-state index in [1.165, 1.54) is 0 Å². The molecule has 0 unspecified atom stereocenters. The number of hydrogen-bond donors (Lipinski definition) is 1. The van der Waals surface area contributed by atoms with Gasteiger partial charge < -0.3 is 23.4 Å². The predicted octanol–water partition coefficient (Wildman–Crippen LogP) is 8.31. The Morgan fingerprint density at radius 2 is 1.48 bits per heavy atom. The zero-order valence-corrected chi connectivity index (χ0v) is 36.5. The molecule has 2 aliphatic heterocycles. The first kappa shape index (κ1) is 42.2. The fraction of sp³-hybridized carbons (Fsp3) is 0.543. The van der Waals surface area contributed by atoms with Crippen molar-refractivity contribution >= 4 is 44.9 Å². The highest BCUT2D eigenvalue weighted by atomic mass is 28.4. The lowest BCUT2D eigenvalue weighted by molar-refractivity contribution is -0.205. The normalized spacial score (nSPS) is 26.3. The summed E-state index contributed by atoms with van der Waals surface area (Å²) in [7, 11) is -5.16. The molecule has 5 atom stereocenters. The Kier molecular flexibility index (Phi) is 12.7. The molecule has 10 heteroatoms. The SMILES string of the molecule is C/C=C/CCCCC[C@@H]1C=C2[C@@]3(CO[Si](CC)(CC)CC)CC4=C(C(=O)OC4=O)[C@H]([C@H]1CCO[Si](c1ccccc1)(c1ccccc1)C(C)(C)C)[C@@]2(O)OC3=O. The van der Waals surface area contributed by atoms with Gasteiger partial charge in [0.1, 0.15) is 5.41 Å². The average molecular weight is 799 g/mol.